The molecule has 1 aromatic carbocycles. The number of carbonyl (C=O) groups is 3. The van der Waals surface area contributed by atoms with E-state index in [0.717, 1.165) is 6.42 Å². The number of ketones is 1. The Morgan fingerprint density at radius 2 is 1.72 bits per heavy atom. The number of Topliss-reactive ketones (excluding diaryl/α,β-unsaturated/α-hetero) is 1. The topological polar surface area (TPSA) is 88.2 Å². The molecule has 1 saturated heterocycles. The van der Waals surface area contributed by atoms with Gasteiger partial charge in [0.05, 0.1) is 6.54 Å². The highest BCUT2D eigenvalue weighted by molar-refractivity contribution is 5.98. The van der Waals surface area contributed by atoms with E-state index in [2.05, 4.69) is 10.2 Å². The number of fused-ring (bicyclic) bond motifs is 1. The fraction of sp³-hybridized carbons (Fsp3) is 0.571. The van der Waals surface area contributed by atoms with Crippen molar-refractivity contribution in [3.63, 3.8) is 0 Å². The molecule has 29 heavy (non-hydrogen) atoms. The summed E-state index contributed by atoms with van der Waals surface area (Å²) < 4.78 is 11.0. The van der Waals surface area contributed by atoms with E-state index in [1.54, 1.807) is 23.1 Å². The SMILES string of the molecule is CCCNC(=O)CN1CCN(C(=O)CCC(=O)c2ccc3c(c2)OCCO3)CC1. The molecule has 0 radical (unpaired) electrons. The van der Waals surface area contributed by atoms with E-state index in [1.165, 1.54) is 0 Å². The monoisotopic (exact) mass is 403 g/mol. The van der Waals surface area contributed by atoms with E-state index in [9.17, 15) is 14.4 Å². The van der Waals surface area contributed by atoms with Crippen LogP contribution in [-0.4, -0.2) is 79.9 Å². The number of nitrogens with zero attached hydrogens (tertiary/aromatic N) is 2. The van der Waals surface area contributed by atoms with Crippen molar-refractivity contribution >= 4 is 17.6 Å². The number of amides is 2. The van der Waals surface area contributed by atoms with Crippen molar-refractivity contribution in [3.8, 4) is 11.5 Å². The van der Waals surface area contributed by atoms with E-state index in [1.807, 2.05) is 6.92 Å². The molecule has 0 spiro atoms. The van der Waals surface area contributed by atoms with E-state index in [0.29, 0.717) is 69.5 Å². The summed E-state index contributed by atoms with van der Waals surface area (Å²) in [6.07, 6.45) is 1.27. The Hall–Kier alpha value is -2.61. The average molecular weight is 403 g/mol. The summed E-state index contributed by atoms with van der Waals surface area (Å²) in [7, 11) is 0. The normalized spacial score (nSPS) is 16.4. The van der Waals surface area contributed by atoms with Crippen LogP contribution in [0, 0.1) is 0 Å². The van der Waals surface area contributed by atoms with E-state index >= 15 is 0 Å². The lowest BCUT2D eigenvalue weighted by atomic mass is 10.1. The van der Waals surface area contributed by atoms with Gasteiger partial charge >= 0.3 is 0 Å². The molecular weight excluding hydrogens is 374 g/mol. The van der Waals surface area contributed by atoms with Crippen LogP contribution in [0.3, 0.4) is 0 Å². The van der Waals surface area contributed by atoms with Crippen LogP contribution < -0.4 is 14.8 Å². The van der Waals surface area contributed by atoms with Crippen molar-refractivity contribution in [3.05, 3.63) is 23.8 Å². The maximum absolute atomic E-state index is 12.5. The first-order valence-electron chi connectivity index (χ1n) is 10.3. The summed E-state index contributed by atoms with van der Waals surface area (Å²) in [6.45, 7) is 6.54. The molecule has 0 unspecified atom stereocenters. The minimum atomic E-state index is -0.0819. The molecule has 2 heterocycles. The maximum atomic E-state index is 12.5. The molecular formula is C21H29N3O5. The molecule has 1 aromatic rings. The van der Waals surface area contributed by atoms with Gasteiger partial charge in [-0.05, 0) is 24.6 Å². The average Bonchev–Trinajstić information content (AvgIpc) is 2.76. The molecule has 0 bridgehead atoms. The summed E-state index contributed by atoms with van der Waals surface area (Å²) in [5.74, 6) is 1.14. The highest BCUT2D eigenvalue weighted by atomic mass is 16.6. The van der Waals surface area contributed by atoms with Gasteiger partial charge in [-0.2, -0.15) is 0 Å². The van der Waals surface area contributed by atoms with Crippen molar-refractivity contribution in [1.82, 2.24) is 15.1 Å². The van der Waals surface area contributed by atoms with Crippen molar-refractivity contribution in [2.45, 2.75) is 26.2 Å². The van der Waals surface area contributed by atoms with Crippen LogP contribution in [0.4, 0.5) is 0 Å². The van der Waals surface area contributed by atoms with Crippen LogP contribution in [-0.2, 0) is 9.59 Å². The van der Waals surface area contributed by atoms with Gasteiger partial charge in [0.1, 0.15) is 13.2 Å². The number of carbonyl (C=O) groups excluding carboxylic acids is 3. The lowest BCUT2D eigenvalue weighted by molar-refractivity contribution is -0.133. The first-order chi connectivity index (χ1) is 14.1. The second kappa shape index (κ2) is 10.2. The van der Waals surface area contributed by atoms with Gasteiger partial charge in [0.2, 0.25) is 11.8 Å². The Morgan fingerprint density at radius 1 is 1.00 bits per heavy atom. The van der Waals surface area contributed by atoms with E-state index in [4.69, 9.17) is 9.47 Å². The van der Waals surface area contributed by atoms with Gasteiger partial charge in [-0.3, -0.25) is 19.3 Å². The number of rotatable bonds is 8. The van der Waals surface area contributed by atoms with Crippen LogP contribution in [0.5, 0.6) is 11.5 Å². The Bertz CT molecular complexity index is 744. The molecule has 158 valence electrons. The molecule has 0 saturated carbocycles. The van der Waals surface area contributed by atoms with Gasteiger partial charge < -0.3 is 19.7 Å². The molecule has 3 rings (SSSR count). The zero-order valence-electron chi connectivity index (χ0n) is 16.9. The zero-order valence-corrected chi connectivity index (χ0v) is 16.9. The van der Waals surface area contributed by atoms with E-state index in [-0.39, 0.29) is 30.4 Å². The van der Waals surface area contributed by atoms with Gasteiger partial charge in [-0.1, -0.05) is 6.92 Å². The van der Waals surface area contributed by atoms with Crippen LogP contribution in [0.15, 0.2) is 18.2 Å². The third-order valence-corrected chi connectivity index (χ3v) is 5.09. The van der Waals surface area contributed by atoms with Crippen molar-refractivity contribution in [1.29, 1.82) is 0 Å². The van der Waals surface area contributed by atoms with Gasteiger partial charge in [0, 0.05) is 51.1 Å². The molecule has 8 nitrogen and oxygen atoms in total. The quantitative estimate of drug-likeness (QED) is 0.654. The van der Waals surface area contributed by atoms with Gasteiger partial charge in [0.25, 0.3) is 0 Å². The van der Waals surface area contributed by atoms with Crippen LogP contribution in [0.1, 0.15) is 36.5 Å². The molecule has 2 amide bonds. The summed E-state index contributed by atoms with van der Waals surface area (Å²) in [5, 5.41) is 2.87. The summed E-state index contributed by atoms with van der Waals surface area (Å²) in [4.78, 5) is 40.6. The lowest BCUT2D eigenvalue weighted by Gasteiger charge is -2.34. The highest BCUT2D eigenvalue weighted by Crippen LogP contribution is 2.31. The molecule has 8 heteroatoms. The first-order valence-corrected chi connectivity index (χ1v) is 10.3. The lowest BCUT2D eigenvalue weighted by Crippen LogP contribution is -2.51. The Kier molecular flexibility index (Phi) is 7.46. The number of hydrogen-bond donors (Lipinski definition) is 1. The minimum absolute atomic E-state index is 0.0222. The van der Waals surface area contributed by atoms with Crippen molar-refractivity contribution in [2.24, 2.45) is 0 Å². The molecule has 2 aliphatic rings. The zero-order chi connectivity index (χ0) is 20.6. The fourth-order valence-electron chi connectivity index (χ4n) is 3.42. The van der Waals surface area contributed by atoms with Crippen LogP contribution >= 0.6 is 0 Å². The summed E-state index contributed by atoms with van der Waals surface area (Å²) in [6, 6.07) is 5.13. The standard InChI is InChI=1S/C21H29N3O5/c1-2-7-22-20(26)15-23-8-10-24(11-9-23)21(27)6-4-17(25)16-3-5-18-19(14-16)29-13-12-28-18/h3,5,14H,2,4,6-13,15H2,1H3,(H,22,26). The Morgan fingerprint density at radius 3 is 2.45 bits per heavy atom. The largest absolute Gasteiger partial charge is 0.486 e. The van der Waals surface area contributed by atoms with Crippen molar-refractivity contribution < 1.29 is 23.9 Å². The molecule has 2 aliphatic heterocycles. The molecule has 0 atom stereocenters. The summed E-state index contributed by atoms with van der Waals surface area (Å²) >= 11 is 0. The number of hydrogen-bond acceptors (Lipinski definition) is 6. The number of nitrogens with one attached hydrogen (secondary N) is 1. The predicted octanol–water partition coefficient (Wildman–Crippen LogP) is 1.09. The van der Waals surface area contributed by atoms with Crippen LogP contribution in [0.25, 0.3) is 0 Å². The van der Waals surface area contributed by atoms with Gasteiger partial charge in [-0.25, -0.2) is 0 Å². The highest BCUT2D eigenvalue weighted by Gasteiger charge is 2.23. The maximum Gasteiger partial charge on any atom is 0.234 e. The molecule has 0 aliphatic carbocycles. The smallest absolute Gasteiger partial charge is 0.234 e. The molecule has 1 N–H and O–H groups in total. The van der Waals surface area contributed by atoms with Gasteiger partial charge in [-0.15, -0.1) is 0 Å². The first kappa shape index (κ1) is 21.1. The van der Waals surface area contributed by atoms with Gasteiger partial charge in [0.15, 0.2) is 17.3 Å². The summed E-state index contributed by atoms with van der Waals surface area (Å²) in [5.41, 5.74) is 0.532. The Labute approximate surface area is 171 Å². The minimum Gasteiger partial charge on any atom is -0.486 e. The fourth-order valence-corrected chi connectivity index (χ4v) is 3.42. The molecule has 0 aromatic heterocycles. The number of ether oxygens (including phenoxy) is 2. The Balaban J connectivity index is 1.41. The predicted molar refractivity (Wildman–Crippen MR) is 107 cm³/mol. The molecule has 1 fully saturated rings. The second-order valence-electron chi connectivity index (χ2n) is 7.29. The number of piperazine rings is 1. The van der Waals surface area contributed by atoms with Crippen molar-refractivity contribution in [2.75, 3.05) is 52.5 Å². The van der Waals surface area contributed by atoms with Crippen LogP contribution in [0.2, 0.25) is 0 Å². The number of benzene rings is 1. The third-order valence-electron chi connectivity index (χ3n) is 5.09. The van der Waals surface area contributed by atoms with E-state index < -0.39 is 0 Å². The second-order valence-corrected chi connectivity index (χ2v) is 7.29. The third kappa shape index (κ3) is 5.93.